The van der Waals surface area contributed by atoms with Crippen molar-refractivity contribution < 1.29 is 14.3 Å². The highest BCUT2D eigenvalue weighted by atomic mass is 32.2. The second kappa shape index (κ2) is 10.7. The van der Waals surface area contributed by atoms with Gasteiger partial charge in [-0.25, -0.2) is 4.79 Å². The van der Waals surface area contributed by atoms with Gasteiger partial charge in [-0.2, -0.15) is 0 Å². The first-order valence-corrected chi connectivity index (χ1v) is 11.2. The Hall–Kier alpha value is -1.49. The summed E-state index contributed by atoms with van der Waals surface area (Å²) in [4.78, 5) is 27.6. The van der Waals surface area contributed by atoms with Crippen LogP contribution in [-0.4, -0.2) is 40.6 Å². The van der Waals surface area contributed by atoms with Gasteiger partial charge in [-0.3, -0.25) is 4.79 Å². The molecule has 0 saturated carbocycles. The molecule has 5 heteroatoms. The second-order valence-corrected chi connectivity index (χ2v) is 8.67. The third kappa shape index (κ3) is 5.74. The smallest absolute Gasteiger partial charge is 0.329 e. The minimum Gasteiger partial charge on any atom is -0.464 e. The lowest BCUT2D eigenvalue weighted by Crippen LogP contribution is -2.47. The van der Waals surface area contributed by atoms with Crippen molar-refractivity contribution in [2.24, 2.45) is 5.92 Å². The lowest BCUT2D eigenvalue weighted by atomic mass is 10.0. The van der Waals surface area contributed by atoms with E-state index in [1.54, 1.807) is 16.7 Å². The third-order valence-electron chi connectivity index (χ3n) is 4.87. The normalized spacial score (nSPS) is 19.5. The molecular weight excluding hydrogens is 358 g/mol. The van der Waals surface area contributed by atoms with Crippen LogP contribution in [0.3, 0.4) is 0 Å². The molecule has 0 aromatic heterocycles. The summed E-state index contributed by atoms with van der Waals surface area (Å²) in [5.41, 5.74) is 1.90. The molecule has 1 amide bonds. The summed E-state index contributed by atoms with van der Waals surface area (Å²) in [6, 6.07) is 7.36. The van der Waals surface area contributed by atoms with Crippen molar-refractivity contribution in [1.29, 1.82) is 0 Å². The zero-order valence-electron chi connectivity index (χ0n) is 17.1. The number of aryl methyl sites for hydroxylation is 1. The van der Waals surface area contributed by atoms with E-state index in [1.165, 1.54) is 5.56 Å². The molecule has 1 fully saturated rings. The number of nitrogens with zero attached hydrogens (tertiary/aromatic N) is 1. The van der Waals surface area contributed by atoms with Gasteiger partial charge in [0.05, 0.1) is 12.0 Å². The number of hydrogen-bond acceptors (Lipinski definition) is 4. The molecule has 2 atom stereocenters. The Morgan fingerprint density at radius 2 is 1.81 bits per heavy atom. The average molecular weight is 392 g/mol. The van der Waals surface area contributed by atoms with Crippen molar-refractivity contribution in [3.63, 3.8) is 0 Å². The lowest BCUT2D eigenvalue weighted by Gasteiger charge is -2.30. The fraction of sp³-hybridized carbons (Fsp3) is 0.636. The largest absolute Gasteiger partial charge is 0.464 e. The molecule has 4 nitrogen and oxygen atoms in total. The molecule has 1 aromatic rings. The Morgan fingerprint density at radius 1 is 1.15 bits per heavy atom. The minimum absolute atomic E-state index is 0.000920. The molecule has 150 valence electrons. The Morgan fingerprint density at radius 3 is 2.41 bits per heavy atom. The van der Waals surface area contributed by atoms with E-state index >= 15 is 0 Å². The maximum atomic E-state index is 13.2. The molecule has 0 aliphatic carbocycles. The summed E-state index contributed by atoms with van der Waals surface area (Å²) in [7, 11) is 0. The molecule has 1 heterocycles. The minimum atomic E-state index is -0.494. The number of ether oxygens (including phenoxy) is 1. The zero-order valence-corrected chi connectivity index (χ0v) is 17.9. The Labute approximate surface area is 168 Å². The van der Waals surface area contributed by atoms with Crippen molar-refractivity contribution >= 4 is 23.6 Å². The van der Waals surface area contributed by atoms with Gasteiger partial charge in [0.25, 0.3) is 5.91 Å². The molecule has 0 N–H and O–H groups in total. The number of esters is 1. The Balaban J connectivity index is 2.15. The number of benzene rings is 1. The SMILES string of the molecule is CCCCOC(=O)[C@@H]1CS[C@@H](C(C)C)N1C(=O)c1ccc(CCCC)cc1. The van der Waals surface area contributed by atoms with Gasteiger partial charge in [-0.15, -0.1) is 11.8 Å². The van der Waals surface area contributed by atoms with Crippen molar-refractivity contribution in [3.8, 4) is 0 Å². The average Bonchev–Trinajstić information content (AvgIpc) is 3.12. The van der Waals surface area contributed by atoms with Crippen LogP contribution in [0.15, 0.2) is 24.3 Å². The van der Waals surface area contributed by atoms with E-state index < -0.39 is 6.04 Å². The fourth-order valence-corrected chi connectivity index (χ4v) is 4.70. The number of rotatable bonds is 9. The first-order chi connectivity index (χ1) is 13.0. The van der Waals surface area contributed by atoms with E-state index in [2.05, 4.69) is 27.7 Å². The first kappa shape index (κ1) is 21.8. The van der Waals surface area contributed by atoms with Gasteiger partial charge in [-0.05, 0) is 42.9 Å². The molecule has 0 radical (unpaired) electrons. The van der Waals surface area contributed by atoms with E-state index in [1.807, 2.05) is 24.3 Å². The van der Waals surface area contributed by atoms with Gasteiger partial charge < -0.3 is 9.64 Å². The topological polar surface area (TPSA) is 46.6 Å². The number of unbranched alkanes of at least 4 members (excludes halogenated alkanes) is 2. The molecule has 1 aromatic carbocycles. The van der Waals surface area contributed by atoms with Crippen molar-refractivity contribution in [3.05, 3.63) is 35.4 Å². The van der Waals surface area contributed by atoms with Gasteiger partial charge in [0, 0.05) is 11.3 Å². The predicted octanol–water partition coefficient (Wildman–Crippen LogP) is 4.91. The fourth-order valence-electron chi connectivity index (χ4n) is 3.24. The van der Waals surface area contributed by atoms with Gasteiger partial charge in [-0.1, -0.05) is 52.7 Å². The van der Waals surface area contributed by atoms with Crippen LogP contribution in [-0.2, 0) is 16.0 Å². The van der Waals surface area contributed by atoms with Crippen LogP contribution in [0.25, 0.3) is 0 Å². The van der Waals surface area contributed by atoms with Crippen molar-refractivity contribution in [1.82, 2.24) is 4.90 Å². The van der Waals surface area contributed by atoms with E-state index in [9.17, 15) is 9.59 Å². The highest BCUT2D eigenvalue weighted by Crippen LogP contribution is 2.35. The van der Waals surface area contributed by atoms with E-state index in [0.29, 0.717) is 17.9 Å². The number of amides is 1. The molecular formula is C22H33NO3S. The standard InChI is InChI=1S/C22H33NO3S/c1-5-7-9-17-10-12-18(13-11-17)20(24)23-19(15-27-21(23)16(3)4)22(25)26-14-8-6-2/h10-13,16,19,21H,5-9,14-15H2,1-4H3/t19-,21-/m0/s1. The Kier molecular flexibility index (Phi) is 8.68. The lowest BCUT2D eigenvalue weighted by molar-refractivity contribution is -0.148. The van der Waals surface area contributed by atoms with Crippen molar-refractivity contribution in [2.75, 3.05) is 12.4 Å². The van der Waals surface area contributed by atoms with Gasteiger partial charge in [0.15, 0.2) is 0 Å². The monoisotopic (exact) mass is 391 g/mol. The second-order valence-electron chi connectivity index (χ2n) is 7.52. The first-order valence-electron chi connectivity index (χ1n) is 10.2. The molecule has 0 unspecified atom stereocenters. The molecule has 1 aliphatic heterocycles. The summed E-state index contributed by atoms with van der Waals surface area (Å²) in [6.45, 7) is 8.85. The summed E-state index contributed by atoms with van der Waals surface area (Å²) in [5.74, 6) is 0.537. The highest BCUT2D eigenvalue weighted by Gasteiger charge is 2.43. The number of thioether (sulfide) groups is 1. The summed E-state index contributed by atoms with van der Waals surface area (Å²) < 4.78 is 5.43. The van der Waals surface area contributed by atoms with Crippen LogP contribution in [0, 0.1) is 5.92 Å². The molecule has 0 spiro atoms. The summed E-state index contributed by atoms with van der Waals surface area (Å²) in [5, 5.41) is 0.000920. The maximum Gasteiger partial charge on any atom is 0.329 e. The van der Waals surface area contributed by atoms with Crippen LogP contribution >= 0.6 is 11.8 Å². The number of carbonyl (C=O) groups excluding carboxylic acids is 2. The van der Waals surface area contributed by atoms with Crippen molar-refractivity contribution in [2.45, 2.75) is 71.2 Å². The zero-order chi connectivity index (χ0) is 19.8. The van der Waals surface area contributed by atoms with E-state index in [-0.39, 0.29) is 23.2 Å². The van der Waals surface area contributed by atoms with Crippen LogP contribution in [0.1, 0.15) is 69.3 Å². The molecule has 27 heavy (non-hydrogen) atoms. The van der Waals surface area contributed by atoms with Crippen LogP contribution in [0.2, 0.25) is 0 Å². The molecule has 1 saturated heterocycles. The maximum absolute atomic E-state index is 13.2. The predicted molar refractivity (Wildman–Crippen MR) is 112 cm³/mol. The highest BCUT2D eigenvalue weighted by molar-refractivity contribution is 8.00. The molecule has 1 aliphatic rings. The number of carbonyl (C=O) groups is 2. The van der Waals surface area contributed by atoms with Crippen LogP contribution in [0.5, 0.6) is 0 Å². The number of hydrogen-bond donors (Lipinski definition) is 0. The third-order valence-corrected chi connectivity index (χ3v) is 6.49. The quantitative estimate of drug-likeness (QED) is 0.443. The van der Waals surface area contributed by atoms with Gasteiger partial charge in [0.1, 0.15) is 6.04 Å². The Bertz CT molecular complexity index is 614. The van der Waals surface area contributed by atoms with E-state index in [4.69, 9.17) is 4.74 Å². The summed E-state index contributed by atoms with van der Waals surface area (Å²) >= 11 is 1.68. The molecule has 2 rings (SSSR count). The molecule has 0 bridgehead atoms. The van der Waals surface area contributed by atoms with Crippen LogP contribution < -0.4 is 0 Å². The summed E-state index contributed by atoms with van der Waals surface area (Å²) in [6.07, 6.45) is 5.17. The van der Waals surface area contributed by atoms with Gasteiger partial charge >= 0.3 is 5.97 Å². The van der Waals surface area contributed by atoms with Gasteiger partial charge in [0.2, 0.25) is 0 Å². The van der Waals surface area contributed by atoms with Crippen LogP contribution in [0.4, 0.5) is 0 Å². The van der Waals surface area contributed by atoms with E-state index in [0.717, 1.165) is 32.1 Å².